The zero-order chi connectivity index (χ0) is 15.5. The highest BCUT2D eigenvalue weighted by Crippen LogP contribution is 2.21. The highest BCUT2D eigenvalue weighted by atomic mass is 32.2. The molecule has 0 heterocycles. The lowest BCUT2D eigenvalue weighted by Crippen LogP contribution is -2.31. The summed E-state index contributed by atoms with van der Waals surface area (Å²) >= 11 is 4.91. The molecule has 1 aromatic carbocycles. The van der Waals surface area contributed by atoms with Crippen molar-refractivity contribution in [1.82, 2.24) is 4.31 Å². The molecule has 20 heavy (non-hydrogen) atoms. The van der Waals surface area contributed by atoms with E-state index in [2.05, 4.69) is 0 Å². The predicted octanol–water partition coefficient (Wildman–Crippen LogP) is 2.30. The van der Waals surface area contributed by atoms with Gasteiger partial charge < -0.3 is 5.73 Å². The average molecular weight is 314 g/mol. The minimum absolute atomic E-state index is 0.200. The maximum atomic E-state index is 12.6. The van der Waals surface area contributed by atoms with Crippen LogP contribution in [-0.2, 0) is 10.0 Å². The highest BCUT2D eigenvalue weighted by Gasteiger charge is 2.24. The first kappa shape index (κ1) is 17.1. The van der Waals surface area contributed by atoms with Gasteiger partial charge in [0.15, 0.2) is 0 Å². The first-order valence-corrected chi connectivity index (χ1v) is 8.41. The van der Waals surface area contributed by atoms with Gasteiger partial charge in [-0.3, -0.25) is 0 Å². The van der Waals surface area contributed by atoms with Gasteiger partial charge in [-0.25, -0.2) is 12.7 Å². The molecule has 0 aliphatic heterocycles. The molecule has 0 aliphatic rings. The van der Waals surface area contributed by atoms with E-state index in [0.29, 0.717) is 23.6 Å². The number of sulfonamides is 1. The average Bonchev–Trinajstić information content (AvgIpc) is 2.38. The Bertz CT molecular complexity index is 597. The van der Waals surface area contributed by atoms with Gasteiger partial charge in [0.05, 0.1) is 4.90 Å². The number of benzene rings is 1. The van der Waals surface area contributed by atoms with Crippen LogP contribution in [0.3, 0.4) is 0 Å². The summed E-state index contributed by atoms with van der Waals surface area (Å²) in [5.41, 5.74) is 6.84. The Labute approximate surface area is 127 Å². The van der Waals surface area contributed by atoms with Gasteiger partial charge in [0.1, 0.15) is 4.99 Å². The third-order valence-corrected chi connectivity index (χ3v) is 5.63. The summed E-state index contributed by atoms with van der Waals surface area (Å²) in [6, 6.07) is 5.03. The number of thiocarbonyl (C=S) groups is 1. The standard InChI is InChI=1S/C14H22N2O2S2/c1-5-10(2)9-16(4)20(17,18)13-8-12(14(15)19)7-6-11(13)3/h6-8,10H,5,9H2,1-4H3,(H2,15,19). The Morgan fingerprint density at radius 1 is 1.45 bits per heavy atom. The van der Waals surface area contributed by atoms with E-state index in [0.717, 1.165) is 6.42 Å². The molecule has 6 heteroatoms. The van der Waals surface area contributed by atoms with Crippen molar-refractivity contribution in [3.8, 4) is 0 Å². The Kier molecular flexibility index (Phi) is 5.68. The van der Waals surface area contributed by atoms with E-state index in [4.69, 9.17) is 18.0 Å². The minimum Gasteiger partial charge on any atom is -0.389 e. The quantitative estimate of drug-likeness (QED) is 0.818. The molecule has 0 saturated carbocycles. The summed E-state index contributed by atoms with van der Waals surface area (Å²) in [7, 11) is -1.91. The smallest absolute Gasteiger partial charge is 0.243 e. The van der Waals surface area contributed by atoms with Gasteiger partial charge in [0, 0.05) is 19.2 Å². The van der Waals surface area contributed by atoms with Crippen LogP contribution in [-0.4, -0.2) is 31.3 Å². The van der Waals surface area contributed by atoms with Crippen LogP contribution in [0.25, 0.3) is 0 Å². The number of hydrogen-bond acceptors (Lipinski definition) is 3. The molecule has 112 valence electrons. The molecule has 0 aliphatic carbocycles. The molecule has 0 aromatic heterocycles. The Hall–Kier alpha value is -0.980. The maximum absolute atomic E-state index is 12.6. The molecular weight excluding hydrogens is 292 g/mol. The lowest BCUT2D eigenvalue weighted by Gasteiger charge is -2.21. The van der Waals surface area contributed by atoms with Crippen molar-refractivity contribution >= 4 is 27.2 Å². The summed E-state index contributed by atoms with van der Waals surface area (Å²) in [5, 5.41) is 0. The van der Waals surface area contributed by atoms with E-state index in [-0.39, 0.29) is 9.88 Å². The zero-order valence-electron chi connectivity index (χ0n) is 12.4. The van der Waals surface area contributed by atoms with Crippen molar-refractivity contribution < 1.29 is 8.42 Å². The van der Waals surface area contributed by atoms with Crippen LogP contribution in [0.15, 0.2) is 23.1 Å². The van der Waals surface area contributed by atoms with E-state index < -0.39 is 10.0 Å². The van der Waals surface area contributed by atoms with Crippen LogP contribution in [0.2, 0.25) is 0 Å². The lowest BCUT2D eigenvalue weighted by molar-refractivity contribution is 0.393. The van der Waals surface area contributed by atoms with Gasteiger partial charge in [-0.2, -0.15) is 0 Å². The molecule has 1 aromatic rings. The molecule has 0 saturated heterocycles. The molecular formula is C14H22N2O2S2. The fraction of sp³-hybridized carbons (Fsp3) is 0.500. The van der Waals surface area contributed by atoms with Gasteiger partial charge in [0.25, 0.3) is 0 Å². The van der Waals surface area contributed by atoms with Gasteiger partial charge >= 0.3 is 0 Å². The van der Waals surface area contributed by atoms with Crippen molar-refractivity contribution in [2.75, 3.05) is 13.6 Å². The number of nitrogens with two attached hydrogens (primary N) is 1. The Morgan fingerprint density at radius 3 is 2.55 bits per heavy atom. The van der Waals surface area contributed by atoms with Crippen LogP contribution in [0, 0.1) is 12.8 Å². The van der Waals surface area contributed by atoms with E-state index >= 15 is 0 Å². The van der Waals surface area contributed by atoms with E-state index in [1.54, 1.807) is 32.2 Å². The van der Waals surface area contributed by atoms with Crippen molar-refractivity contribution in [2.24, 2.45) is 11.7 Å². The second kappa shape index (κ2) is 6.65. The minimum atomic E-state index is -3.51. The van der Waals surface area contributed by atoms with E-state index in [1.165, 1.54) is 4.31 Å². The Morgan fingerprint density at radius 2 is 2.05 bits per heavy atom. The third-order valence-electron chi connectivity index (χ3n) is 3.43. The predicted molar refractivity (Wildman–Crippen MR) is 86.3 cm³/mol. The number of nitrogens with zero attached hydrogens (tertiary/aromatic N) is 1. The molecule has 1 atom stereocenters. The molecule has 0 radical (unpaired) electrons. The first-order valence-electron chi connectivity index (χ1n) is 6.57. The molecule has 0 bridgehead atoms. The van der Waals surface area contributed by atoms with Gasteiger partial charge in [-0.15, -0.1) is 0 Å². The molecule has 0 amide bonds. The lowest BCUT2D eigenvalue weighted by atomic mass is 10.1. The van der Waals surface area contributed by atoms with Crippen LogP contribution in [0.4, 0.5) is 0 Å². The SMILES string of the molecule is CCC(C)CN(C)S(=O)(=O)c1cc(C(N)=S)ccc1C. The van der Waals surface area contributed by atoms with Crippen molar-refractivity contribution in [3.63, 3.8) is 0 Å². The van der Waals surface area contributed by atoms with Crippen molar-refractivity contribution in [2.45, 2.75) is 32.1 Å². The summed E-state index contributed by atoms with van der Waals surface area (Å²) in [5.74, 6) is 0.314. The van der Waals surface area contributed by atoms with Crippen molar-refractivity contribution in [3.05, 3.63) is 29.3 Å². The largest absolute Gasteiger partial charge is 0.389 e. The highest BCUT2D eigenvalue weighted by molar-refractivity contribution is 7.89. The summed E-state index contributed by atoms with van der Waals surface area (Å²) in [6.45, 7) is 6.34. The van der Waals surface area contributed by atoms with Gasteiger partial charge in [0.2, 0.25) is 10.0 Å². The normalized spacial score (nSPS) is 13.4. The molecule has 2 N–H and O–H groups in total. The fourth-order valence-corrected chi connectivity index (χ4v) is 3.53. The fourth-order valence-electron chi connectivity index (χ4n) is 1.87. The maximum Gasteiger partial charge on any atom is 0.243 e. The van der Waals surface area contributed by atoms with Gasteiger partial charge in [-0.1, -0.05) is 44.6 Å². The molecule has 1 rings (SSSR count). The molecule has 0 fully saturated rings. The van der Waals surface area contributed by atoms with Crippen molar-refractivity contribution in [1.29, 1.82) is 0 Å². The molecule has 1 unspecified atom stereocenters. The summed E-state index contributed by atoms with van der Waals surface area (Å²) in [4.78, 5) is 0.472. The second-order valence-corrected chi connectivity index (χ2v) is 7.60. The third kappa shape index (κ3) is 3.77. The second-order valence-electron chi connectivity index (χ2n) is 5.14. The summed E-state index contributed by atoms with van der Waals surface area (Å²) in [6.07, 6.45) is 0.936. The summed E-state index contributed by atoms with van der Waals surface area (Å²) < 4.78 is 26.6. The van der Waals surface area contributed by atoms with E-state index in [9.17, 15) is 8.42 Å². The van der Waals surface area contributed by atoms with Gasteiger partial charge in [-0.05, 0) is 24.5 Å². The monoisotopic (exact) mass is 314 g/mol. The number of aryl methyl sites for hydroxylation is 1. The van der Waals surface area contributed by atoms with Crippen LogP contribution < -0.4 is 5.73 Å². The first-order chi connectivity index (χ1) is 9.20. The van der Waals surface area contributed by atoms with E-state index in [1.807, 2.05) is 13.8 Å². The Balaban J connectivity index is 3.21. The van der Waals surface area contributed by atoms with Crippen LogP contribution >= 0.6 is 12.2 Å². The zero-order valence-corrected chi connectivity index (χ0v) is 14.0. The number of hydrogen-bond donors (Lipinski definition) is 1. The number of rotatable bonds is 6. The molecule has 0 spiro atoms. The molecule has 4 nitrogen and oxygen atoms in total. The van der Waals surface area contributed by atoms with Crippen LogP contribution in [0.1, 0.15) is 31.4 Å². The topological polar surface area (TPSA) is 63.4 Å². The van der Waals surface area contributed by atoms with Crippen LogP contribution in [0.5, 0.6) is 0 Å².